The van der Waals surface area contributed by atoms with Crippen LogP contribution >= 0.6 is 28.1 Å². The van der Waals surface area contributed by atoms with Crippen LogP contribution in [-0.2, 0) is 4.79 Å². The molecule has 1 saturated heterocycles. The van der Waals surface area contributed by atoms with E-state index in [1.807, 2.05) is 32.9 Å². The minimum atomic E-state index is -0.0996. The Morgan fingerprint density at radius 1 is 1.17 bits per heavy atom. The van der Waals surface area contributed by atoms with E-state index in [-0.39, 0.29) is 5.91 Å². The molecule has 0 N–H and O–H groups in total. The van der Waals surface area contributed by atoms with Gasteiger partial charge in [-0.05, 0) is 61.1 Å². The fourth-order valence-electron chi connectivity index (χ4n) is 2.45. The van der Waals surface area contributed by atoms with Crippen molar-refractivity contribution < 1.29 is 14.3 Å². The number of carbonyl (C=O) groups excluding carboxylic acids is 1. The van der Waals surface area contributed by atoms with E-state index in [2.05, 4.69) is 15.9 Å². The van der Waals surface area contributed by atoms with Crippen molar-refractivity contribution in [3.63, 3.8) is 0 Å². The van der Waals surface area contributed by atoms with E-state index in [4.69, 9.17) is 21.7 Å². The van der Waals surface area contributed by atoms with Gasteiger partial charge in [-0.3, -0.25) is 9.69 Å². The van der Waals surface area contributed by atoms with Crippen LogP contribution in [0.25, 0.3) is 6.08 Å². The van der Waals surface area contributed by atoms with Crippen molar-refractivity contribution in [3.8, 4) is 11.5 Å². The van der Waals surface area contributed by atoms with Gasteiger partial charge in [0.25, 0.3) is 5.91 Å². The van der Waals surface area contributed by atoms with Gasteiger partial charge in [0.2, 0.25) is 0 Å². The first kappa shape index (κ1) is 18.7. The molecular weight excluding hydrogens is 392 g/mol. The molecule has 0 bridgehead atoms. The summed E-state index contributed by atoms with van der Waals surface area (Å²) in [6.07, 6.45) is 1.80. The van der Waals surface area contributed by atoms with Crippen LogP contribution in [0.15, 0.2) is 22.3 Å². The third-order valence-corrected chi connectivity index (χ3v) is 4.73. The van der Waals surface area contributed by atoms with Crippen LogP contribution in [0.4, 0.5) is 0 Å². The number of ether oxygens (including phenoxy) is 2. The maximum Gasteiger partial charge on any atom is 0.276 e. The van der Waals surface area contributed by atoms with Gasteiger partial charge in [-0.2, -0.15) is 0 Å². The average molecular weight is 413 g/mol. The fourth-order valence-corrected chi connectivity index (χ4v) is 3.23. The zero-order valence-corrected chi connectivity index (χ0v) is 16.7. The summed E-state index contributed by atoms with van der Waals surface area (Å²) in [5.41, 5.74) is 1.32. The van der Waals surface area contributed by atoms with E-state index in [1.54, 1.807) is 22.9 Å². The Labute approximate surface area is 156 Å². The van der Waals surface area contributed by atoms with Crippen LogP contribution in [0, 0.1) is 0 Å². The first-order chi connectivity index (χ1) is 11.4. The molecule has 5 nitrogen and oxygen atoms in total. The molecule has 0 unspecified atom stereocenters. The number of hydrogen-bond donors (Lipinski definition) is 0. The maximum absolute atomic E-state index is 12.5. The molecule has 1 heterocycles. The first-order valence-electron chi connectivity index (χ1n) is 7.84. The van der Waals surface area contributed by atoms with Crippen LogP contribution in [0.5, 0.6) is 11.5 Å². The summed E-state index contributed by atoms with van der Waals surface area (Å²) in [5, 5.41) is 0.511. The molecule has 1 aromatic rings. The Bertz CT molecular complexity index is 691. The minimum absolute atomic E-state index is 0.0996. The van der Waals surface area contributed by atoms with Gasteiger partial charge >= 0.3 is 0 Å². The van der Waals surface area contributed by atoms with Gasteiger partial charge in [-0.15, -0.1) is 0 Å². The molecule has 7 heteroatoms. The molecule has 130 valence electrons. The van der Waals surface area contributed by atoms with Crippen LogP contribution < -0.4 is 9.47 Å². The van der Waals surface area contributed by atoms with Gasteiger partial charge < -0.3 is 14.4 Å². The van der Waals surface area contributed by atoms with Crippen molar-refractivity contribution in [1.82, 2.24) is 9.80 Å². The van der Waals surface area contributed by atoms with Crippen LogP contribution in [0.1, 0.15) is 26.3 Å². The van der Waals surface area contributed by atoms with Crippen LogP contribution in [0.2, 0.25) is 0 Å². The van der Waals surface area contributed by atoms with Gasteiger partial charge in [0.05, 0.1) is 17.7 Å². The predicted octanol–water partition coefficient (Wildman–Crippen LogP) is 3.67. The number of likely N-dealkylation sites (N-methyl/N-ethyl adjacent to an activating group) is 2. The lowest BCUT2D eigenvalue weighted by atomic mass is 10.1. The summed E-state index contributed by atoms with van der Waals surface area (Å²) in [6, 6.07) is 3.72. The number of hydrogen-bond acceptors (Lipinski definition) is 4. The number of halogens is 1. The van der Waals surface area contributed by atoms with Gasteiger partial charge in [-0.25, -0.2) is 0 Å². The zero-order valence-electron chi connectivity index (χ0n) is 14.3. The predicted molar refractivity (Wildman–Crippen MR) is 102 cm³/mol. The Kier molecular flexibility index (Phi) is 6.23. The van der Waals surface area contributed by atoms with E-state index in [9.17, 15) is 4.79 Å². The van der Waals surface area contributed by atoms with Gasteiger partial charge in [-0.1, -0.05) is 0 Å². The molecule has 1 aliphatic rings. The normalized spacial score (nSPS) is 16.3. The summed E-state index contributed by atoms with van der Waals surface area (Å²) in [4.78, 5) is 15.8. The van der Waals surface area contributed by atoms with Crippen molar-refractivity contribution in [3.05, 3.63) is 27.9 Å². The SMILES string of the molecule is CCOc1cc(OCC)c(/C=C2/C(=O)N(CC)C(=S)N2C)cc1Br. The summed E-state index contributed by atoms with van der Waals surface area (Å²) >= 11 is 8.83. The number of amides is 1. The highest BCUT2D eigenvalue weighted by molar-refractivity contribution is 9.10. The third kappa shape index (κ3) is 3.57. The highest BCUT2D eigenvalue weighted by Crippen LogP contribution is 2.35. The molecule has 1 amide bonds. The maximum atomic E-state index is 12.5. The molecule has 2 rings (SSSR count). The lowest BCUT2D eigenvalue weighted by Gasteiger charge is -2.14. The van der Waals surface area contributed by atoms with Crippen molar-refractivity contribution in [1.29, 1.82) is 0 Å². The Morgan fingerprint density at radius 3 is 2.33 bits per heavy atom. The minimum Gasteiger partial charge on any atom is -0.493 e. The quantitative estimate of drug-likeness (QED) is 0.526. The zero-order chi connectivity index (χ0) is 17.9. The lowest BCUT2D eigenvalue weighted by Crippen LogP contribution is -2.30. The van der Waals surface area contributed by atoms with E-state index >= 15 is 0 Å². The number of thiocarbonyl (C=S) groups is 1. The summed E-state index contributed by atoms with van der Waals surface area (Å²) in [6.45, 7) is 7.37. The molecule has 0 saturated carbocycles. The number of rotatable bonds is 6. The third-order valence-electron chi connectivity index (χ3n) is 3.62. The smallest absolute Gasteiger partial charge is 0.276 e. The van der Waals surface area contributed by atoms with E-state index < -0.39 is 0 Å². The van der Waals surface area contributed by atoms with Crippen LogP contribution in [0.3, 0.4) is 0 Å². The molecule has 0 spiro atoms. The number of benzene rings is 1. The molecule has 0 aliphatic carbocycles. The molecule has 24 heavy (non-hydrogen) atoms. The molecule has 1 aromatic carbocycles. The molecule has 1 fully saturated rings. The standard InChI is InChI=1S/C17H21BrN2O3S/c1-5-20-16(21)13(19(4)17(20)24)9-11-8-12(18)15(23-7-3)10-14(11)22-6-2/h8-10H,5-7H2,1-4H3/b13-9-. The molecule has 0 radical (unpaired) electrons. The lowest BCUT2D eigenvalue weighted by molar-refractivity contribution is -0.122. The van der Waals surface area contributed by atoms with E-state index in [1.165, 1.54) is 0 Å². The first-order valence-corrected chi connectivity index (χ1v) is 9.05. The van der Waals surface area contributed by atoms with Crippen molar-refractivity contribution >= 4 is 45.2 Å². The van der Waals surface area contributed by atoms with Crippen molar-refractivity contribution in [2.45, 2.75) is 20.8 Å². The van der Waals surface area contributed by atoms with Gasteiger partial charge in [0, 0.05) is 25.2 Å². The van der Waals surface area contributed by atoms with E-state index in [0.29, 0.717) is 42.1 Å². The van der Waals surface area contributed by atoms with E-state index in [0.717, 1.165) is 10.0 Å². The number of carbonyl (C=O) groups is 1. The number of nitrogens with zero attached hydrogens (tertiary/aromatic N) is 2. The highest BCUT2D eigenvalue weighted by atomic mass is 79.9. The topological polar surface area (TPSA) is 42.0 Å². The average Bonchev–Trinajstić information content (AvgIpc) is 2.75. The largest absolute Gasteiger partial charge is 0.493 e. The summed E-state index contributed by atoms with van der Waals surface area (Å²) in [5.74, 6) is 1.27. The van der Waals surface area contributed by atoms with Crippen LogP contribution in [-0.4, -0.2) is 47.6 Å². The second-order valence-electron chi connectivity index (χ2n) is 5.11. The second kappa shape index (κ2) is 7.98. The monoisotopic (exact) mass is 412 g/mol. The Hall–Kier alpha value is -1.60. The Balaban J connectivity index is 2.49. The van der Waals surface area contributed by atoms with Gasteiger partial charge in [0.1, 0.15) is 17.2 Å². The molecular formula is C17H21BrN2O3S. The fraction of sp³-hybridized carbons (Fsp3) is 0.412. The molecule has 0 aromatic heterocycles. The van der Waals surface area contributed by atoms with Gasteiger partial charge in [0.15, 0.2) is 5.11 Å². The Morgan fingerprint density at radius 2 is 1.79 bits per heavy atom. The van der Waals surface area contributed by atoms with Crippen molar-refractivity contribution in [2.75, 3.05) is 26.8 Å². The molecule has 0 atom stereocenters. The van der Waals surface area contributed by atoms with Crippen molar-refractivity contribution in [2.24, 2.45) is 0 Å². The summed E-state index contributed by atoms with van der Waals surface area (Å²) < 4.78 is 12.1. The second-order valence-corrected chi connectivity index (χ2v) is 6.33. The molecule has 1 aliphatic heterocycles. The highest BCUT2D eigenvalue weighted by Gasteiger charge is 2.34. The summed E-state index contributed by atoms with van der Waals surface area (Å²) in [7, 11) is 1.80.